The molecule has 2 heterocycles. The van der Waals surface area contributed by atoms with Crippen LogP contribution < -0.4 is 0 Å². The number of ketones is 1. The summed E-state index contributed by atoms with van der Waals surface area (Å²) in [7, 11) is 0. The predicted octanol–water partition coefficient (Wildman–Crippen LogP) is 5.16. The fourth-order valence-corrected chi connectivity index (χ4v) is 4.34. The van der Waals surface area contributed by atoms with E-state index >= 15 is 0 Å². The van der Waals surface area contributed by atoms with E-state index in [0.29, 0.717) is 10.6 Å². The second-order valence-corrected chi connectivity index (χ2v) is 7.97. The Bertz CT molecular complexity index is 1110. The summed E-state index contributed by atoms with van der Waals surface area (Å²) in [5, 5.41) is 13.1. The molecule has 0 saturated carbocycles. The first-order chi connectivity index (χ1) is 14.0. The Morgan fingerprint density at radius 3 is 2.45 bits per heavy atom. The van der Waals surface area contributed by atoms with Gasteiger partial charge in [0.1, 0.15) is 11.6 Å². The van der Waals surface area contributed by atoms with Gasteiger partial charge in [0.25, 0.3) is 11.7 Å². The van der Waals surface area contributed by atoms with Gasteiger partial charge >= 0.3 is 0 Å². The van der Waals surface area contributed by atoms with Gasteiger partial charge < -0.3 is 10.0 Å². The smallest absolute Gasteiger partial charge is 0.295 e. The minimum atomic E-state index is -0.851. The zero-order valence-corrected chi connectivity index (χ0v) is 16.6. The van der Waals surface area contributed by atoms with Gasteiger partial charge in [-0.15, -0.1) is 11.3 Å². The van der Waals surface area contributed by atoms with Crippen LogP contribution >= 0.6 is 22.9 Å². The van der Waals surface area contributed by atoms with Gasteiger partial charge in [-0.2, -0.15) is 0 Å². The zero-order chi connectivity index (χ0) is 20.5. The van der Waals surface area contributed by atoms with E-state index < -0.39 is 23.5 Å². The molecule has 1 saturated heterocycles. The molecule has 1 fully saturated rings. The van der Waals surface area contributed by atoms with E-state index in [-0.39, 0.29) is 23.4 Å². The van der Waals surface area contributed by atoms with Crippen LogP contribution in [0.15, 0.2) is 71.6 Å². The highest BCUT2D eigenvalue weighted by Gasteiger charge is 2.46. The maximum atomic E-state index is 13.3. The number of halogens is 2. The summed E-state index contributed by atoms with van der Waals surface area (Å²) in [5.74, 6) is -2.34. The van der Waals surface area contributed by atoms with Crippen molar-refractivity contribution < 1.29 is 19.1 Å². The standard InChI is InChI=1S/C22H15ClFNO3S/c23-17-6-2-1-5-16(17)19-18(20(26)13-7-9-14(24)10-8-13)21(27)22(28)25(19)12-15-4-3-11-29-15/h1-11,19,26H,12H2/b20-18+. The van der Waals surface area contributed by atoms with Crippen LogP contribution in [0.5, 0.6) is 0 Å². The molecule has 4 nitrogen and oxygen atoms in total. The molecular formula is C22H15ClFNO3S. The van der Waals surface area contributed by atoms with Crippen molar-refractivity contribution in [2.45, 2.75) is 12.6 Å². The van der Waals surface area contributed by atoms with Gasteiger partial charge in [-0.05, 0) is 47.3 Å². The average Bonchev–Trinajstić information content (AvgIpc) is 3.31. The van der Waals surface area contributed by atoms with Crippen molar-refractivity contribution in [1.82, 2.24) is 4.90 Å². The maximum absolute atomic E-state index is 13.3. The van der Waals surface area contributed by atoms with E-state index in [0.717, 1.165) is 4.88 Å². The second kappa shape index (κ2) is 7.81. The summed E-state index contributed by atoms with van der Waals surface area (Å²) in [6.45, 7) is 0.207. The molecule has 1 unspecified atom stereocenters. The summed E-state index contributed by atoms with van der Waals surface area (Å²) in [4.78, 5) is 28.1. The van der Waals surface area contributed by atoms with Crippen LogP contribution in [0.3, 0.4) is 0 Å². The lowest BCUT2D eigenvalue weighted by molar-refractivity contribution is -0.140. The summed E-state index contributed by atoms with van der Waals surface area (Å²) < 4.78 is 13.3. The first-order valence-electron chi connectivity index (χ1n) is 8.78. The number of hydrogen-bond acceptors (Lipinski definition) is 4. The number of likely N-dealkylation sites (tertiary alicyclic amines) is 1. The molecule has 1 amide bonds. The monoisotopic (exact) mass is 427 g/mol. The first-order valence-corrected chi connectivity index (χ1v) is 10.0. The molecule has 0 radical (unpaired) electrons. The summed E-state index contributed by atoms with van der Waals surface area (Å²) in [5.41, 5.74) is 0.720. The first kappa shape index (κ1) is 19.4. The van der Waals surface area contributed by atoms with Gasteiger partial charge in [0.2, 0.25) is 0 Å². The van der Waals surface area contributed by atoms with Crippen LogP contribution in [-0.2, 0) is 16.1 Å². The van der Waals surface area contributed by atoms with E-state index in [1.165, 1.54) is 40.5 Å². The Balaban J connectivity index is 1.89. The highest BCUT2D eigenvalue weighted by Crippen LogP contribution is 2.42. The second-order valence-electron chi connectivity index (χ2n) is 6.53. The van der Waals surface area contributed by atoms with Crippen molar-refractivity contribution in [3.63, 3.8) is 0 Å². The molecule has 1 aliphatic rings. The van der Waals surface area contributed by atoms with Crippen molar-refractivity contribution in [2.24, 2.45) is 0 Å². The minimum absolute atomic E-state index is 0.0636. The average molecular weight is 428 g/mol. The number of benzene rings is 2. The Kier molecular flexibility index (Phi) is 5.22. The fraction of sp³-hybridized carbons (Fsp3) is 0.0909. The van der Waals surface area contributed by atoms with E-state index in [4.69, 9.17) is 11.6 Å². The van der Waals surface area contributed by atoms with E-state index in [2.05, 4.69) is 0 Å². The third-order valence-corrected chi connectivity index (χ3v) is 5.97. The number of aliphatic hydroxyl groups excluding tert-OH is 1. The molecule has 1 aromatic heterocycles. The van der Waals surface area contributed by atoms with Gasteiger partial charge in [-0.3, -0.25) is 9.59 Å². The normalized spacial score (nSPS) is 18.4. The van der Waals surface area contributed by atoms with Crippen LogP contribution in [-0.4, -0.2) is 21.7 Å². The van der Waals surface area contributed by atoms with Crippen LogP contribution in [0.4, 0.5) is 4.39 Å². The molecule has 0 aliphatic carbocycles. The molecule has 3 aromatic rings. The molecule has 2 aromatic carbocycles. The van der Waals surface area contributed by atoms with Crippen LogP contribution in [0, 0.1) is 5.82 Å². The fourth-order valence-electron chi connectivity index (χ4n) is 3.40. The number of nitrogens with zero attached hydrogens (tertiary/aromatic N) is 1. The number of amides is 1. The maximum Gasteiger partial charge on any atom is 0.295 e. The van der Waals surface area contributed by atoms with Crippen molar-refractivity contribution in [3.05, 3.63) is 98.5 Å². The molecule has 0 bridgehead atoms. The molecule has 1 atom stereocenters. The molecule has 1 aliphatic heterocycles. The van der Waals surface area contributed by atoms with Gasteiger partial charge in [-0.25, -0.2) is 4.39 Å². The van der Waals surface area contributed by atoms with Crippen molar-refractivity contribution in [1.29, 1.82) is 0 Å². The lowest BCUT2D eigenvalue weighted by atomic mass is 9.95. The van der Waals surface area contributed by atoms with Crippen molar-refractivity contribution in [2.75, 3.05) is 0 Å². The highest BCUT2D eigenvalue weighted by molar-refractivity contribution is 7.09. The lowest BCUT2D eigenvalue weighted by Gasteiger charge is -2.25. The molecule has 7 heteroatoms. The van der Waals surface area contributed by atoms with E-state index in [1.807, 2.05) is 17.5 Å². The third kappa shape index (κ3) is 3.57. The summed E-state index contributed by atoms with van der Waals surface area (Å²) in [6, 6.07) is 14.9. The molecule has 0 spiro atoms. The molecule has 29 heavy (non-hydrogen) atoms. The van der Waals surface area contributed by atoms with Crippen molar-refractivity contribution in [3.8, 4) is 0 Å². The topological polar surface area (TPSA) is 57.6 Å². The SMILES string of the molecule is O=C1C(=O)N(Cc2cccs2)C(c2ccccc2Cl)/C1=C(\O)c1ccc(F)cc1. The van der Waals surface area contributed by atoms with Crippen LogP contribution in [0.25, 0.3) is 5.76 Å². The van der Waals surface area contributed by atoms with Gasteiger partial charge in [0.05, 0.1) is 18.2 Å². The third-order valence-electron chi connectivity index (χ3n) is 4.76. The van der Waals surface area contributed by atoms with Crippen LogP contribution in [0.2, 0.25) is 5.02 Å². The Morgan fingerprint density at radius 1 is 1.07 bits per heavy atom. The molecule has 4 rings (SSSR count). The van der Waals surface area contributed by atoms with E-state index in [1.54, 1.807) is 24.3 Å². The largest absolute Gasteiger partial charge is 0.507 e. The van der Waals surface area contributed by atoms with Gasteiger partial charge in [0, 0.05) is 15.5 Å². The number of rotatable bonds is 4. The number of hydrogen-bond donors (Lipinski definition) is 1. The Morgan fingerprint density at radius 2 is 1.79 bits per heavy atom. The predicted molar refractivity (Wildman–Crippen MR) is 110 cm³/mol. The van der Waals surface area contributed by atoms with Crippen molar-refractivity contribution >= 4 is 40.4 Å². The number of carbonyl (C=O) groups excluding carboxylic acids is 2. The zero-order valence-electron chi connectivity index (χ0n) is 15.0. The number of aliphatic hydroxyl groups is 1. The van der Waals surface area contributed by atoms with Gasteiger partial charge in [0.15, 0.2) is 0 Å². The summed E-state index contributed by atoms with van der Waals surface area (Å²) in [6.07, 6.45) is 0. The van der Waals surface area contributed by atoms with Gasteiger partial charge in [-0.1, -0.05) is 35.9 Å². The van der Waals surface area contributed by atoms with Crippen LogP contribution in [0.1, 0.15) is 22.0 Å². The minimum Gasteiger partial charge on any atom is -0.507 e. The Hall–Kier alpha value is -2.96. The quantitative estimate of drug-likeness (QED) is 0.355. The number of carbonyl (C=O) groups is 2. The molecule has 1 N–H and O–H groups in total. The Labute approximate surface area is 175 Å². The number of Topliss-reactive ketones (excluding diaryl/α,β-unsaturated/α-hetero) is 1. The lowest BCUT2D eigenvalue weighted by Crippen LogP contribution is -2.29. The number of thiophene rings is 1. The molecule has 146 valence electrons. The van der Waals surface area contributed by atoms with E-state index in [9.17, 15) is 19.1 Å². The summed E-state index contributed by atoms with van der Waals surface area (Å²) >= 11 is 7.85. The molecular weight excluding hydrogens is 413 g/mol. The highest BCUT2D eigenvalue weighted by atomic mass is 35.5.